The first kappa shape index (κ1) is 11.6. The minimum atomic E-state index is -0.252. The number of hydrogen-bond acceptors (Lipinski definition) is 2. The van der Waals surface area contributed by atoms with Gasteiger partial charge >= 0.3 is 0 Å². The van der Waals surface area contributed by atoms with Crippen molar-refractivity contribution >= 4 is 5.91 Å². The third-order valence-electron chi connectivity index (χ3n) is 2.97. The number of H-pyrrole nitrogens is 1. The van der Waals surface area contributed by atoms with Gasteiger partial charge in [-0.2, -0.15) is 0 Å². The molecule has 1 aliphatic rings. The molecule has 0 aromatic carbocycles. The summed E-state index contributed by atoms with van der Waals surface area (Å²) in [7, 11) is 0. The molecule has 1 unspecified atom stereocenters. The largest absolute Gasteiger partial charge is 0.352 e. The summed E-state index contributed by atoms with van der Waals surface area (Å²) in [5, 5.41) is 2.87. The van der Waals surface area contributed by atoms with Gasteiger partial charge in [0.1, 0.15) is 0 Å². The third-order valence-corrected chi connectivity index (χ3v) is 2.97. The molecule has 4 heteroatoms. The molecule has 90 valence electrons. The van der Waals surface area contributed by atoms with Crippen molar-refractivity contribution in [2.45, 2.75) is 19.3 Å². The molecular weight excluding hydrogens is 216 g/mol. The SMILES string of the molecule is O=C(NCC1CC=CCC1)c1cc[nH]c(=O)c1. The molecule has 1 aromatic rings. The monoisotopic (exact) mass is 232 g/mol. The number of hydrogen-bond donors (Lipinski definition) is 2. The lowest BCUT2D eigenvalue weighted by molar-refractivity contribution is 0.0946. The molecular formula is C13H16N2O2. The molecule has 0 saturated heterocycles. The van der Waals surface area contributed by atoms with Crippen LogP contribution in [0.1, 0.15) is 29.6 Å². The van der Waals surface area contributed by atoms with Crippen LogP contribution in [0.4, 0.5) is 0 Å². The minimum Gasteiger partial charge on any atom is -0.352 e. The molecule has 2 rings (SSSR count). The number of aromatic nitrogens is 1. The van der Waals surface area contributed by atoms with E-state index >= 15 is 0 Å². The number of allylic oxidation sites excluding steroid dienone is 2. The van der Waals surface area contributed by atoms with E-state index < -0.39 is 0 Å². The van der Waals surface area contributed by atoms with Crippen LogP contribution in [-0.2, 0) is 0 Å². The fourth-order valence-corrected chi connectivity index (χ4v) is 1.97. The Kier molecular flexibility index (Phi) is 3.75. The van der Waals surface area contributed by atoms with Gasteiger partial charge in [0.2, 0.25) is 5.56 Å². The number of carbonyl (C=O) groups is 1. The van der Waals surface area contributed by atoms with Gasteiger partial charge in [0.15, 0.2) is 0 Å². The molecule has 2 N–H and O–H groups in total. The van der Waals surface area contributed by atoms with Gasteiger partial charge in [-0.15, -0.1) is 0 Å². The summed E-state index contributed by atoms with van der Waals surface area (Å²) in [5.41, 5.74) is 0.165. The Morgan fingerprint density at radius 2 is 2.35 bits per heavy atom. The Morgan fingerprint density at radius 3 is 3.06 bits per heavy atom. The Bertz CT molecular complexity index is 476. The Labute approximate surface area is 99.7 Å². The standard InChI is InChI=1S/C13H16N2O2/c16-12-8-11(6-7-14-12)13(17)15-9-10-4-2-1-3-5-10/h1-2,6-8,10H,3-5,9H2,(H,14,16)(H,15,17). The Morgan fingerprint density at radius 1 is 1.47 bits per heavy atom. The van der Waals surface area contributed by atoms with Gasteiger partial charge < -0.3 is 10.3 Å². The summed E-state index contributed by atoms with van der Waals surface area (Å²) in [6.07, 6.45) is 9.05. The van der Waals surface area contributed by atoms with Crippen molar-refractivity contribution in [2.24, 2.45) is 5.92 Å². The van der Waals surface area contributed by atoms with Gasteiger partial charge in [0, 0.05) is 24.4 Å². The van der Waals surface area contributed by atoms with Crippen LogP contribution in [0, 0.1) is 5.92 Å². The normalized spacial score (nSPS) is 18.9. The highest BCUT2D eigenvalue weighted by molar-refractivity contribution is 5.93. The van der Waals surface area contributed by atoms with E-state index in [0.29, 0.717) is 18.0 Å². The summed E-state index contributed by atoms with van der Waals surface area (Å²) in [6, 6.07) is 2.92. The van der Waals surface area contributed by atoms with E-state index in [0.717, 1.165) is 19.3 Å². The van der Waals surface area contributed by atoms with Crippen molar-refractivity contribution in [3.05, 3.63) is 46.4 Å². The fraction of sp³-hybridized carbons (Fsp3) is 0.385. The average molecular weight is 232 g/mol. The van der Waals surface area contributed by atoms with Crippen molar-refractivity contribution in [1.29, 1.82) is 0 Å². The molecule has 0 spiro atoms. The zero-order valence-corrected chi connectivity index (χ0v) is 9.61. The predicted molar refractivity (Wildman–Crippen MR) is 65.9 cm³/mol. The summed E-state index contributed by atoms with van der Waals surface area (Å²) in [4.78, 5) is 25.3. The molecule has 1 aromatic heterocycles. The number of aromatic amines is 1. The summed E-state index contributed by atoms with van der Waals surface area (Å²) >= 11 is 0. The van der Waals surface area contributed by atoms with E-state index in [1.54, 1.807) is 6.07 Å². The second kappa shape index (κ2) is 5.48. The maximum absolute atomic E-state index is 11.8. The third kappa shape index (κ3) is 3.31. The molecule has 1 atom stereocenters. The van der Waals surface area contributed by atoms with Crippen LogP contribution < -0.4 is 10.9 Å². The molecule has 4 nitrogen and oxygen atoms in total. The number of nitrogens with one attached hydrogen (secondary N) is 2. The van der Waals surface area contributed by atoms with Gasteiger partial charge in [-0.1, -0.05) is 12.2 Å². The van der Waals surface area contributed by atoms with Gasteiger partial charge in [-0.25, -0.2) is 0 Å². The topological polar surface area (TPSA) is 62.0 Å². The average Bonchev–Trinajstić information content (AvgIpc) is 2.37. The summed E-state index contributed by atoms with van der Waals surface area (Å²) < 4.78 is 0. The van der Waals surface area contributed by atoms with E-state index in [-0.39, 0.29) is 11.5 Å². The molecule has 0 bridgehead atoms. The highest BCUT2D eigenvalue weighted by atomic mass is 16.2. The Hall–Kier alpha value is -1.84. The van der Waals surface area contributed by atoms with Crippen molar-refractivity contribution in [2.75, 3.05) is 6.54 Å². The summed E-state index contributed by atoms with van der Waals surface area (Å²) in [6.45, 7) is 0.677. The van der Waals surface area contributed by atoms with Crippen LogP contribution >= 0.6 is 0 Å². The van der Waals surface area contributed by atoms with E-state index in [2.05, 4.69) is 22.5 Å². The second-order valence-electron chi connectivity index (χ2n) is 4.30. The van der Waals surface area contributed by atoms with Crippen LogP contribution in [0.15, 0.2) is 35.3 Å². The first-order valence-corrected chi connectivity index (χ1v) is 5.87. The minimum absolute atomic E-state index is 0.175. The van der Waals surface area contributed by atoms with E-state index in [9.17, 15) is 9.59 Å². The maximum Gasteiger partial charge on any atom is 0.251 e. The maximum atomic E-state index is 11.8. The zero-order valence-electron chi connectivity index (χ0n) is 9.61. The highest BCUT2D eigenvalue weighted by Gasteiger charge is 2.12. The van der Waals surface area contributed by atoms with Crippen LogP contribution in [0.3, 0.4) is 0 Å². The number of carbonyl (C=O) groups excluding carboxylic acids is 1. The lowest BCUT2D eigenvalue weighted by atomic mass is 9.94. The van der Waals surface area contributed by atoms with E-state index in [1.165, 1.54) is 12.3 Å². The van der Waals surface area contributed by atoms with Gasteiger partial charge in [0.05, 0.1) is 0 Å². The number of pyridine rings is 1. The van der Waals surface area contributed by atoms with Crippen LogP contribution in [0.25, 0.3) is 0 Å². The smallest absolute Gasteiger partial charge is 0.251 e. The van der Waals surface area contributed by atoms with Crippen molar-refractivity contribution < 1.29 is 4.79 Å². The van der Waals surface area contributed by atoms with E-state index in [4.69, 9.17) is 0 Å². The molecule has 0 saturated carbocycles. The fourth-order valence-electron chi connectivity index (χ4n) is 1.97. The van der Waals surface area contributed by atoms with Crippen molar-refractivity contribution in [1.82, 2.24) is 10.3 Å². The number of rotatable bonds is 3. The molecule has 0 radical (unpaired) electrons. The van der Waals surface area contributed by atoms with Crippen molar-refractivity contribution in [3.8, 4) is 0 Å². The lowest BCUT2D eigenvalue weighted by Crippen LogP contribution is -2.30. The predicted octanol–water partition coefficient (Wildman–Crippen LogP) is 1.46. The molecule has 1 aliphatic carbocycles. The van der Waals surface area contributed by atoms with Gasteiger partial charge in [-0.05, 0) is 31.2 Å². The lowest BCUT2D eigenvalue weighted by Gasteiger charge is -2.17. The number of amides is 1. The van der Waals surface area contributed by atoms with Crippen LogP contribution in [0.5, 0.6) is 0 Å². The highest BCUT2D eigenvalue weighted by Crippen LogP contribution is 2.16. The quantitative estimate of drug-likeness (QED) is 0.775. The van der Waals surface area contributed by atoms with Crippen molar-refractivity contribution in [3.63, 3.8) is 0 Å². The Balaban J connectivity index is 1.89. The van der Waals surface area contributed by atoms with Gasteiger partial charge in [0.25, 0.3) is 5.91 Å². The van der Waals surface area contributed by atoms with Crippen LogP contribution in [-0.4, -0.2) is 17.4 Å². The van der Waals surface area contributed by atoms with E-state index in [1.807, 2.05) is 0 Å². The second-order valence-corrected chi connectivity index (χ2v) is 4.30. The molecule has 1 heterocycles. The first-order chi connectivity index (χ1) is 8.25. The van der Waals surface area contributed by atoms with Gasteiger partial charge in [-0.3, -0.25) is 9.59 Å². The molecule has 17 heavy (non-hydrogen) atoms. The molecule has 1 amide bonds. The molecule has 0 aliphatic heterocycles. The zero-order chi connectivity index (χ0) is 12.1. The first-order valence-electron chi connectivity index (χ1n) is 5.87. The summed E-state index contributed by atoms with van der Waals surface area (Å²) in [5.74, 6) is 0.344. The van der Waals surface area contributed by atoms with Crippen LogP contribution in [0.2, 0.25) is 0 Å². The molecule has 0 fully saturated rings.